The largest absolute Gasteiger partial charge is 0.478 e. The standard InChI is InChI=1S/C14H15N3O3/c1-7(12(15)18)17-10-4-2-3-9(14(19)20)11(10)16-13(17)8-5-6-8/h2-4,7-8H,5-6H2,1H3,(H2,15,18)(H,19,20). The number of nitrogens with two attached hydrogens (primary N) is 1. The van der Waals surface area contributed by atoms with Gasteiger partial charge in [0.05, 0.1) is 11.1 Å². The van der Waals surface area contributed by atoms with E-state index in [9.17, 15) is 14.7 Å². The maximum atomic E-state index is 11.5. The first-order chi connectivity index (χ1) is 9.50. The van der Waals surface area contributed by atoms with Crippen molar-refractivity contribution in [1.29, 1.82) is 0 Å². The van der Waals surface area contributed by atoms with Crippen LogP contribution >= 0.6 is 0 Å². The Morgan fingerprint density at radius 3 is 2.70 bits per heavy atom. The first-order valence-corrected chi connectivity index (χ1v) is 6.54. The summed E-state index contributed by atoms with van der Waals surface area (Å²) in [5, 5.41) is 9.24. The van der Waals surface area contributed by atoms with Crippen molar-refractivity contribution in [2.75, 3.05) is 0 Å². The van der Waals surface area contributed by atoms with Crippen molar-refractivity contribution in [3.8, 4) is 0 Å². The molecule has 1 atom stereocenters. The number of aromatic nitrogens is 2. The molecule has 1 saturated carbocycles. The molecule has 1 aromatic heterocycles. The lowest BCUT2D eigenvalue weighted by Gasteiger charge is -2.14. The molecule has 1 aliphatic carbocycles. The van der Waals surface area contributed by atoms with Crippen LogP contribution in [0, 0.1) is 0 Å². The fourth-order valence-electron chi connectivity index (χ4n) is 2.47. The SMILES string of the molecule is CC(C(N)=O)n1c(C2CC2)nc2c(C(=O)O)cccc21. The molecule has 0 bridgehead atoms. The van der Waals surface area contributed by atoms with Crippen LogP contribution in [0.25, 0.3) is 11.0 Å². The van der Waals surface area contributed by atoms with Gasteiger partial charge in [0.15, 0.2) is 0 Å². The van der Waals surface area contributed by atoms with Gasteiger partial charge in [-0.1, -0.05) is 6.07 Å². The zero-order valence-corrected chi connectivity index (χ0v) is 11.0. The number of aromatic carboxylic acids is 1. The van der Waals surface area contributed by atoms with Crippen molar-refractivity contribution >= 4 is 22.9 Å². The number of imidazole rings is 1. The zero-order chi connectivity index (χ0) is 14.4. The van der Waals surface area contributed by atoms with Crippen LogP contribution in [0.15, 0.2) is 18.2 Å². The number of carbonyl (C=O) groups is 2. The van der Waals surface area contributed by atoms with Crippen LogP contribution in [0.4, 0.5) is 0 Å². The summed E-state index contributed by atoms with van der Waals surface area (Å²) in [4.78, 5) is 27.3. The van der Waals surface area contributed by atoms with Gasteiger partial charge < -0.3 is 15.4 Å². The van der Waals surface area contributed by atoms with E-state index in [0.717, 1.165) is 18.7 Å². The van der Waals surface area contributed by atoms with Crippen molar-refractivity contribution in [3.05, 3.63) is 29.6 Å². The highest BCUT2D eigenvalue weighted by atomic mass is 16.4. The van der Waals surface area contributed by atoms with Gasteiger partial charge in [-0.15, -0.1) is 0 Å². The third-order valence-corrected chi connectivity index (χ3v) is 3.72. The lowest BCUT2D eigenvalue weighted by atomic mass is 10.2. The average molecular weight is 273 g/mol. The molecule has 104 valence electrons. The van der Waals surface area contributed by atoms with E-state index in [1.807, 2.05) is 0 Å². The molecule has 1 aromatic carbocycles. The predicted molar refractivity (Wildman–Crippen MR) is 72.6 cm³/mol. The summed E-state index contributed by atoms with van der Waals surface area (Å²) in [6, 6.07) is 4.42. The molecule has 0 saturated heterocycles. The van der Waals surface area contributed by atoms with Crippen LogP contribution in [-0.4, -0.2) is 26.5 Å². The number of nitrogens with zero attached hydrogens (tertiary/aromatic N) is 2. The van der Waals surface area contributed by atoms with Crippen molar-refractivity contribution in [2.45, 2.75) is 31.7 Å². The van der Waals surface area contributed by atoms with E-state index in [4.69, 9.17) is 5.73 Å². The van der Waals surface area contributed by atoms with Gasteiger partial charge in [-0.3, -0.25) is 4.79 Å². The number of amides is 1. The molecule has 3 rings (SSSR count). The van der Waals surface area contributed by atoms with Crippen molar-refractivity contribution in [3.63, 3.8) is 0 Å². The molecule has 1 aliphatic rings. The topological polar surface area (TPSA) is 98.2 Å². The molecule has 6 heteroatoms. The highest BCUT2D eigenvalue weighted by Gasteiger charge is 2.32. The fraction of sp³-hybridized carbons (Fsp3) is 0.357. The Kier molecular flexibility index (Phi) is 2.74. The van der Waals surface area contributed by atoms with Crippen molar-refractivity contribution < 1.29 is 14.7 Å². The molecule has 1 fully saturated rings. The van der Waals surface area contributed by atoms with Gasteiger partial charge in [-0.2, -0.15) is 0 Å². The van der Waals surface area contributed by atoms with Crippen molar-refractivity contribution in [2.24, 2.45) is 5.73 Å². The van der Waals surface area contributed by atoms with E-state index >= 15 is 0 Å². The Labute approximate surface area is 115 Å². The highest BCUT2D eigenvalue weighted by molar-refractivity contribution is 6.01. The summed E-state index contributed by atoms with van der Waals surface area (Å²) in [5.74, 6) is -0.410. The maximum absolute atomic E-state index is 11.5. The minimum Gasteiger partial charge on any atom is -0.478 e. The average Bonchev–Trinajstić information content (AvgIpc) is 3.17. The second kappa shape index (κ2) is 4.33. The third kappa shape index (κ3) is 1.84. The number of primary amides is 1. The smallest absolute Gasteiger partial charge is 0.337 e. The number of carbonyl (C=O) groups excluding carboxylic acids is 1. The summed E-state index contributed by atoms with van der Waals surface area (Å²) in [7, 11) is 0. The Morgan fingerprint density at radius 2 is 2.15 bits per heavy atom. The van der Waals surface area contributed by atoms with Crippen LogP contribution in [0.2, 0.25) is 0 Å². The van der Waals surface area contributed by atoms with E-state index < -0.39 is 17.9 Å². The molecule has 3 N–H and O–H groups in total. The monoisotopic (exact) mass is 273 g/mol. The van der Waals surface area contributed by atoms with Crippen LogP contribution in [0.3, 0.4) is 0 Å². The molecule has 1 heterocycles. The second-order valence-corrected chi connectivity index (χ2v) is 5.17. The molecule has 0 aliphatic heterocycles. The Hall–Kier alpha value is -2.37. The van der Waals surface area contributed by atoms with E-state index in [0.29, 0.717) is 17.0 Å². The van der Waals surface area contributed by atoms with Gasteiger partial charge in [0.2, 0.25) is 5.91 Å². The van der Waals surface area contributed by atoms with E-state index in [1.165, 1.54) is 6.07 Å². The van der Waals surface area contributed by atoms with Crippen LogP contribution in [0.1, 0.15) is 47.9 Å². The van der Waals surface area contributed by atoms with Gasteiger partial charge in [0.25, 0.3) is 0 Å². The summed E-state index contributed by atoms with van der Waals surface area (Å²) in [6.07, 6.45) is 2.02. The number of fused-ring (bicyclic) bond motifs is 1. The molecule has 1 unspecified atom stereocenters. The third-order valence-electron chi connectivity index (χ3n) is 3.72. The quantitative estimate of drug-likeness (QED) is 0.885. The molecule has 6 nitrogen and oxygen atoms in total. The van der Waals surface area contributed by atoms with E-state index in [-0.39, 0.29) is 5.56 Å². The van der Waals surface area contributed by atoms with Crippen LogP contribution in [-0.2, 0) is 4.79 Å². The fourth-order valence-corrected chi connectivity index (χ4v) is 2.47. The molecular weight excluding hydrogens is 258 g/mol. The molecule has 0 spiro atoms. The van der Waals surface area contributed by atoms with E-state index in [2.05, 4.69) is 4.98 Å². The van der Waals surface area contributed by atoms with Gasteiger partial charge in [-0.25, -0.2) is 9.78 Å². The van der Waals surface area contributed by atoms with Gasteiger partial charge in [0, 0.05) is 5.92 Å². The summed E-state index contributed by atoms with van der Waals surface area (Å²) in [6.45, 7) is 1.71. The molecule has 0 radical (unpaired) electrons. The molecule has 2 aromatic rings. The second-order valence-electron chi connectivity index (χ2n) is 5.17. The van der Waals surface area contributed by atoms with Crippen LogP contribution < -0.4 is 5.73 Å². The zero-order valence-electron chi connectivity index (χ0n) is 11.0. The van der Waals surface area contributed by atoms with Gasteiger partial charge >= 0.3 is 5.97 Å². The lowest BCUT2D eigenvalue weighted by Crippen LogP contribution is -2.25. The molecule has 20 heavy (non-hydrogen) atoms. The number of carboxylic acid groups (broad SMARTS) is 1. The predicted octanol–water partition coefficient (Wildman–Crippen LogP) is 1.66. The van der Waals surface area contributed by atoms with Gasteiger partial charge in [0.1, 0.15) is 17.4 Å². The molecular formula is C14H15N3O3. The Balaban J connectivity index is 2.30. The maximum Gasteiger partial charge on any atom is 0.337 e. The minimum absolute atomic E-state index is 0.153. The highest BCUT2D eigenvalue weighted by Crippen LogP contribution is 2.42. The number of benzene rings is 1. The lowest BCUT2D eigenvalue weighted by molar-refractivity contribution is -0.120. The number of hydrogen-bond donors (Lipinski definition) is 2. The Bertz CT molecular complexity index is 716. The van der Waals surface area contributed by atoms with Crippen LogP contribution in [0.5, 0.6) is 0 Å². The summed E-state index contributed by atoms with van der Waals surface area (Å²) in [5.41, 5.74) is 6.63. The Morgan fingerprint density at radius 1 is 1.45 bits per heavy atom. The van der Waals surface area contributed by atoms with E-state index in [1.54, 1.807) is 23.6 Å². The normalized spacial score (nSPS) is 16.2. The molecule has 1 amide bonds. The first-order valence-electron chi connectivity index (χ1n) is 6.54. The minimum atomic E-state index is -1.02. The number of hydrogen-bond acceptors (Lipinski definition) is 3. The van der Waals surface area contributed by atoms with Crippen molar-refractivity contribution in [1.82, 2.24) is 9.55 Å². The number of carboxylic acids is 1. The summed E-state index contributed by atoms with van der Waals surface area (Å²) >= 11 is 0. The first kappa shape index (κ1) is 12.7. The number of rotatable bonds is 4. The summed E-state index contributed by atoms with van der Waals surface area (Å²) < 4.78 is 1.78. The number of para-hydroxylation sites is 1. The van der Waals surface area contributed by atoms with Gasteiger partial charge in [-0.05, 0) is 31.9 Å².